The number of nitrogens with one attached hydrogen (secondary N) is 1. The Balaban J connectivity index is 2.57. The fraction of sp³-hybridized carbons (Fsp3) is 0.533. The molecule has 0 bridgehead atoms. The molecule has 1 rings (SSSR count). The largest absolute Gasteiger partial charge is 0.480 e. The van der Waals surface area contributed by atoms with Gasteiger partial charge in [-0.15, -0.1) is 0 Å². The summed E-state index contributed by atoms with van der Waals surface area (Å²) in [6.07, 6.45) is 0. The zero-order chi connectivity index (χ0) is 15.2. The van der Waals surface area contributed by atoms with Crippen molar-refractivity contribution < 1.29 is 14.3 Å². The van der Waals surface area contributed by atoms with Gasteiger partial charge in [0.15, 0.2) is 6.61 Å². The van der Waals surface area contributed by atoms with Crippen LogP contribution in [0.25, 0.3) is 0 Å². The van der Waals surface area contributed by atoms with E-state index in [4.69, 9.17) is 21.1 Å². The Labute approximate surface area is 125 Å². The lowest BCUT2D eigenvalue weighted by Crippen LogP contribution is -2.35. The smallest absolute Gasteiger partial charge is 0.344 e. The van der Waals surface area contributed by atoms with Crippen molar-refractivity contribution in [2.24, 2.45) is 0 Å². The van der Waals surface area contributed by atoms with E-state index in [1.54, 1.807) is 13.0 Å². The predicted octanol–water partition coefficient (Wildman–Crippen LogP) is 3.17. The van der Waals surface area contributed by atoms with E-state index in [-0.39, 0.29) is 12.1 Å². The molecule has 0 amide bonds. The molecule has 0 aliphatic rings. The molecule has 112 valence electrons. The highest BCUT2D eigenvalue weighted by Crippen LogP contribution is 2.25. The molecule has 0 spiro atoms. The summed E-state index contributed by atoms with van der Waals surface area (Å²) in [4.78, 5) is 11.2. The van der Waals surface area contributed by atoms with E-state index < -0.39 is 5.97 Å². The van der Waals surface area contributed by atoms with Crippen LogP contribution in [0, 0.1) is 0 Å². The summed E-state index contributed by atoms with van der Waals surface area (Å²) in [5.74, 6) is 0.0845. The lowest BCUT2D eigenvalue weighted by atomic mass is 10.1. The van der Waals surface area contributed by atoms with Crippen LogP contribution in [0.5, 0.6) is 5.75 Å². The van der Waals surface area contributed by atoms with E-state index in [9.17, 15) is 4.79 Å². The first-order chi connectivity index (χ1) is 9.31. The summed E-state index contributed by atoms with van der Waals surface area (Å²) in [5, 5.41) is 3.87. The summed E-state index contributed by atoms with van der Waals surface area (Å²) >= 11 is 6.14. The van der Waals surface area contributed by atoms with E-state index in [0.29, 0.717) is 17.4 Å². The SMILES string of the molecule is CCOC(=O)COc1ccc(CNC(C)(C)C)cc1Cl. The van der Waals surface area contributed by atoms with E-state index in [2.05, 4.69) is 26.1 Å². The number of carbonyl (C=O) groups excluding carboxylic acids is 1. The van der Waals surface area contributed by atoms with E-state index in [1.165, 1.54) is 0 Å². The first kappa shape index (κ1) is 16.8. The fourth-order valence-electron chi connectivity index (χ4n) is 1.48. The Kier molecular flexibility index (Phi) is 6.30. The zero-order valence-corrected chi connectivity index (χ0v) is 13.2. The monoisotopic (exact) mass is 299 g/mol. The Hall–Kier alpha value is -1.26. The van der Waals surface area contributed by atoms with Crippen LogP contribution < -0.4 is 10.1 Å². The number of ether oxygens (including phenoxy) is 2. The lowest BCUT2D eigenvalue weighted by Gasteiger charge is -2.20. The first-order valence-electron chi connectivity index (χ1n) is 6.63. The molecule has 0 radical (unpaired) electrons. The highest BCUT2D eigenvalue weighted by molar-refractivity contribution is 6.32. The van der Waals surface area contributed by atoms with Crippen LogP contribution in [0.3, 0.4) is 0 Å². The van der Waals surface area contributed by atoms with Gasteiger partial charge >= 0.3 is 5.97 Å². The predicted molar refractivity (Wildman–Crippen MR) is 80.2 cm³/mol. The summed E-state index contributed by atoms with van der Waals surface area (Å²) < 4.78 is 10.1. The molecule has 0 aromatic heterocycles. The van der Waals surface area contributed by atoms with Gasteiger partial charge in [0.1, 0.15) is 5.75 Å². The standard InChI is InChI=1S/C15H22ClNO3/c1-5-19-14(18)10-20-13-7-6-11(8-12(13)16)9-17-15(2,3)4/h6-8,17H,5,9-10H2,1-4H3. The minimum Gasteiger partial charge on any atom is -0.480 e. The number of rotatable bonds is 6. The molecule has 20 heavy (non-hydrogen) atoms. The molecule has 5 heteroatoms. The highest BCUT2D eigenvalue weighted by atomic mass is 35.5. The van der Waals surface area contributed by atoms with Gasteiger partial charge in [0, 0.05) is 12.1 Å². The molecule has 0 fully saturated rings. The third-order valence-electron chi connectivity index (χ3n) is 2.47. The van der Waals surface area contributed by atoms with Gasteiger partial charge in [-0.05, 0) is 45.4 Å². The van der Waals surface area contributed by atoms with Gasteiger partial charge in [0.05, 0.1) is 11.6 Å². The number of hydrogen-bond acceptors (Lipinski definition) is 4. The summed E-state index contributed by atoms with van der Waals surface area (Å²) in [6, 6.07) is 5.52. The summed E-state index contributed by atoms with van der Waals surface area (Å²) in [5.41, 5.74) is 1.11. The van der Waals surface area contributed by atoms with Gasteiger partial charge in [0.25, 0.3) is 0 Å². The number of benzene rings is 1. The van der Waals surface area contributed by atoms with Gasteiger partial charge in [0.2, 0.25) is 0 Å². The Morgan fingerprint density at radius 3 is 2.60 bits per heavy atom. The molecule has 0 aliphatic heterocycles. The number of halogens is 1. The Bertz CT molecular complexity index is 455. The molecule has 0 saturated heterocycles. The van der Waals surface area contributed by atoms with Gasteiger partial charge in [-0.25, -0.2) is 4.79 Å². The number of esters is 1. The van der Waals surface area contributed by atoms with E-state index >= 15 is 0 Å². The molecule has 0 atom stereocenters. The van der Waals surface area contributed by atoms with Crippen LogP contribution in [0.1, 0.15) is 33.3 Å². The second-order valence-corrected chi connectivity index (χ2v) is 5.87. The first-order valence-corrected chi connectivity index (χ1v) is 7.01. The van der Waals surface area contributed by atoms with Crippen molar-refractivity contribution in [2.75, 3.05) is 13.2 Å². The molecular formula is C15H22ClNO3. The van der Waals surface area contributed by atoms with Crippen LogP contribution in [0.2, 0.25) is 5.02 Å². The molecule has 0 saturated carbocycles. The van der Waals surface area contributed by atoms with Crippen LogP contribution in [0.15, 0.2) is 18.2 Å². The minimum absolute atomic E-state index is 0.0472. The average molecular weight is 300 g/mol. The van der Waals surface area contributed by atoms with Gasteiger partial charge in [-0.1, -0.05) is 17.7 Å². The van der Waals surface area contributed by atoms with E-state index in [1.807, 2.05) is 12.1 Å². The third-order valence-corrected chi connectivity index (χ3v) is 2.77. The van der Waals surface area contributed by atoms with Gasteiger partial charge in [-0.2, -0.15) is 0 Å². The van der Waals surface area contributed by atoms with Crippen molar-refractivity contribution >= 4 is 17.6 Å². The second kappa shape index (κ2) is 7.50. The van der Waals surface area contributed by atoms with Crippen molar-refractivity contribution in [2.45, 2.75) is 39.8 Å². The maximum Gasteiger partial charge on any atom is 0.344 e. The summed E-state index contributed by atoms with van der Waals surface area (Å²) in [6.45, 7) is 8.99. The zero-order valence-electron chi connectivity index (χ0n) is 12.5. The van der Waals surface area contributed by atoms with Crippen molar-refractivity contribution in [1.29, 1.82) is 0 Å². The molecule has 1 aromatic rings. The van der Waals surface area contributed by atoms with Gasteiger partial charge < -0.3 is 14.8 Å². The van der Waals surface area contributed by atoms with Crippen LogP contribution in [-0.4, -0.2) is 24.7 Å². The number of hydrogen-bond donors (Lipinski definition) is 1. The molecular weight excluding hydrogens is 278 g/mol. The summed E-state index contributed by atoms with van der Waals surface area (Å²) in [7, 11) is 0. The third kappa shape index (κ3) is 6.26. The molecule has 1 aromatic carbocycles. The van der Waals surface area contributed by atoms with Crippen LogP contribution in [-0.2, 0) is 16.1 Å². The molecule has 1 N–H and O–H groups in total. The normalized spacial score (nSPS) is 11.2. The van der Waals surface area contributed by atoms with Crippen molar-refractivity contribution in [3.63, 3.8) is 0 Å². The highest BCUT2D eigenvalue weighted by Gasteiger charge is 2.10. The quantitative estimate of drug-likeness (QED) is 0.820. The topological polar surface area (TPSA) is 47.6 Å². The van der Waals surface area contributed by atoms with E-state index in [0.717, 1.165) is 12.1 Å². The van der Waals surface area contributed by atoms with Gasteiger partial charge in [-0.3, -0.25) is 0 Å². The molecule has 0 heterocycles. The Morgan fingerprint density at radius 1 is 1.35 bits per heavy atom. The van der Waals surface area contributed by atoms with Crippen LogP contribution in [0.4, 0.5) is 0 Å². The maximum absolute atomic E-state index is 11.2. The second-order valence-electron chi connectivity index (χ2n) is 5.46. The van der Waals surface area contributed by atoms with Crippen molar-refractivity contribution in [1.82, 2.24) is 5.32 Å². The maximum atomic E-state index is 11.2. The minimum atomic E-state index is -0.401. The number of carbonyl (C=O) groups is 1. The lowest BCUT2D eigenvalue weighted by molar-refractivity contribution is -0.145. The molecule has 0 unspecified atom stereocenters. The average Bonchev–Trinajstić information content (AvgIpc) is 2.34. The van der Waals surface area contributed by atoms with Crippen LogP contribution >= 0.6 is 11.6 Å². The Morgan fingerprint density at radius 2 is 2.05 bits per heavy atom. The fourth-order valence-corrected chi connectivity index (χ4v) is 1.74. The molecule has 4 nitrogen and oxygen atoms in total. The van der Waals surface area contributed by atoms with Crippen molar-refractivity contribution in [3.8, 4) is 5.75 Å². The molecule has 0 aliphatic carbocycles. The van der Waals surface area contributed by atoms with Crippen molar-refractivity contribution in [3.05, 3.63) is 28.8 Å².